The molecule has 0 aromatic heterocycles. The van der Waals surface area contributed by atoms with Crippen LogP contribution in [-0.2, 0) is 0 Å². The van der Waals surface area contributed by atoms with Crippen LogP contribution in [0.4, 0.5) is 0 Å². The molecule has 0 amide bonds. The van der Waals surface area contributed by atoms with Crippen LogP contribution in [0.15, 0.2) is 0 Å². The van der Waals surface area contributed by atoms with Crippen molar-refractivity contribution in [2.45, 2.75) is 91.0 Å². The van der Waals surface area contributed by atoms with Gasteiger partial charge in [-0.2, -0.15) is 0 Å². The Morgan fingerprint density at radius 2 is 1.56 bits per heavy atom. The summed E-state index contributed by atoms with van der Waals surface area (Å²) < 4.78 is 0. The van der Waals surface area contributed by atoms with Gasteiger partial charge < -0.3 is 5.32 Å². The highest BCUT2D eigenvalue weighted by molar-refractivity contribution is 4.86. The Morgan fingerprint density at radius 3 is 2.11 bits per heavy atom. The molecule has 0 aromatic rings. The van der Waals surface area contributed by atoms with E-state index >= 15 is 0 Å². The summed E-state index contributed by atoms with van der Waals surface area (Å²) in [6.45, 7) is 8.14. The average Bonchev–Trinajstić information content (AvgIpc) is 3.20. The number of nitrogens with one attached hydrogen (secondary N) is 1. The van der Waals surface area contributed by atoms with Gasteiger partial charge in [0.15, 0.2) is 0 Å². The number of hydrogen-bond donors (Lipinski definition) is 1. The zero-order valence-corrected chi connectivity index (χ0v) is 13.0. The Balaban J connectivity index is 2.02. The molecule has 1 heteroatoms. The zero-order chi connectivity index (χ0) is 13.2. The molecule has 1 rings (SSSR count). The van der Waals surface area contributed by atoms with Crippen LogP contribution in [0, 0.1) is 11.8 Å². The van der Waals surface area contributed by atoms with Gasteiger partial charge in [0.1, 0.15) is 0 Å². The van der Waals surface area contributed by atoms with Gasteiger partial charge >= 0.3 is 0 Å². The van der Waals surface area contributed by atoms with E-state index in [1.54, 1.807) is 0 Å². The van der Waals surface area contributed by atoms with E-state index in [4.69, 9.17) is 0 Å². The van der Waals surface area contributed by atoms with E-state index < -0.39 is 0 Å². The third-order valence-corrected chi connectivity index (χ3v) is 4.59. The highest BCUT2D eigenvalue weighted by Crippen LogP contribution is 2.39. The van der Waals surface area contributed by atoms with E-state index in [9.17, 15) is 0 Å². The lowest BCUT2D eigenvalue weighted by Gasteiger charge is -2.24. The van der Waals surface area contributed by atoms with Gasteiger partial charge in [0.25, 0.3) is 0 Å². The third-order valence-electron chi connectivity index (χ3n) is 4.59. The molecule has 0 aromatic carbocycles. The number of rotatable bonds is 12. The maximum Gasteiger partial charge on any atom is 0.00952 e. The van der Waals surface area contributed by atoms with E-state index in [0.29, 0.717) is 0 Å². The molecule has 0 heterocycles. The van der Waals surface area contributed by atoms with E-state index in [2.05, 4.69) is 26.1 Å². The molecule has 0 bridgehead atoms. The third kappa shape index (κ3) is 6.78. The molecule has 1 nitrogen and oxygen atoms in total. The summed E-state index contributed by atoms with van der Waals surface area (Å²) in [5.74, 6) is 1.95. The first kappa shape index (κ1) is 16.0. The Morgan fingerprint density at radius 1 is 0.944 bits per heavy atom. The molecule has 0 aliphatic heterocycles. The fraction of sp³-hybridized carbons (Fsp3) is 1.00. The predicted molar refractivity (Wildman–Crippen MR) is 82.0 cm³/mol. The second kappa shape index (κ2) is 9.83. The van der Waals surface area contributed by atoms with Gasteiger partial charge in [-0.05, 0) is 37.6 Å². The molecule has 0 spiro atoms. The Bertz CT molecular complexity index is 186. The minimum atomic E-state index is 0.790. The summed E-state index contributed by atoms with van der Waals surface area (Å²) in [4.78, 5) is 0. The van der Waals surface area contributed by atoms with Crippen LogP contribution in [0.25, 0.3) is 0 Å². The molecular formula is C17H35N. The molecule has 18 heavy (non-hydrogen) atoms. The molecule has 1 N–H and O–H groups in total. The lowest BCUT2D eigenvalue weighted by atomic mass is 9.92. The van der Waals surface area contributed by atoms with Crippen molar-refractivity contribution in [3.63, 3.8) is 0 Å². The molecule has 1 fully saturated rings. The van der Waals surface area contributed by atoms with Crippen LogP contribution in [0.5, 0.6) is 0 Å². The molecule has 1 aliphatic rings. The maximum atomic E-state index is 3.71. The largest absolute Gasteiger partial charge is 0.314 e. The summed E-state index contributed by atoms with van der Waals surface area (Å²) in [7, 11) is 0. The van der Waals surface area contributed by atoms with Gasteiger partial charge in [0.2, 0.25) is 0 Å². The maximum absolute atomic E-state index is 3.71. The van der Waals surface area contributed by atoms with Gasteiger partial charge in [-0.1, -0.05) is 65.7 Å². The van der Waals surface area contributed by atoms with Crippen LogP contribution < -0.4 is 5.32 Å². The summed E-state index contributed by atoms with van der Waals surface area (Å²) in [5, 5.41) is 3.71. The summed E-state index contributed by atoms with van der Waals surface area (Å²) in [6, 6.07) is 0.790. The minimum absolute atomic E-state index is 0.790. The van der Waals surface area contributed by atoms with E-state index in [-0.39, 0.29) is 0 Å². The van der Waals surface area contributed by atoms with Crippen molar-refractivity contribution in [2.75, 3.05) is 6.54 Å². The highest BCUT2D eigenvalue weighted by Gasteiger charge is 2.32. The van der Waals surface area contributed by atoms with Crippen LogP contribution >= 0.6 is 0 Å². The van der Waals surface area contributed by atoms with Crippen molar-refractivity contribution in [3.05, 3.63) is 0 Å². The lowest BCUT2D eigenvalue weighted by Crippen LogP contribution is -2.35. The van der Waals surface area contributed by atoms with Gasteiger partial charge in [0.05, 0.1) is 0 Å². The quantitative estimate of drug-likeness (QED) is 0.474. The van der Waals surface area contributed by atoms with Crippen LogP contribution in [0.1, 0.15) is 85.0 Å². The second-order valence-corrected chi connectivity index (χ2v) is 6.27. The Labute approximate surface area is 115 Å². The monoisotopic (exact) mass is 253 g/mol. The van der Waals surface area contributed by atoms with Crippen molar-refractivity contribution in [1.82, 2.24) is 5.32 Å². The van der Waals surface area contributed by atoms with Gasteiger partial charge in [-0.3, -0.25) is 0 Å². The van der Waals surface area contributed by atoms with E-state index in [1.165, 1.54) is 64.2 Å². The van der Waals surface area contributed by atoms with Crippen molar-refractivity contribution in [2.24, 2.45) is 11.8 Å². The Kier molecular flexibility index (Phi) is 8.75. The second-order valence-electron chi connectivity index (χ2n) is 6.27. The minimum Gasteiger partial charge on any atom is -0.314 e. The molecule has 0 saturated heterocycles. The molecule has 2 unspecified atom stereocenters. The summed E-state index contributed by atoms with van der Waals surface area (Å²) in [6.07, 6.45) is 14.4. The fourth-order valence-electron chi connectivity index (χ4n) is 3.08. The summed E-state index contributed by atoms with van der Waals surface area (Å²) in [5.41, 5.74) is 0. The normalized spacial score (nSPS) is 18.8. The van der Waals surface area contributed by atoms with Crippen LogP contribution in [-0.4, -0.2) is 12.6 Å². The molecular weight excluding hydrogens is 218 g/mol. The first-order valence-electron chi connectivity index (χ1n) is 8.53. The number of hydrogen-bond acceptors (Lipinski definition) is 1. The number of unbranched alkanes of at least 4 members (excludes halogenated alkanes) is 6. The SMILES string of the molecule is CCCCCCCCCC(NCC)C(C)C1CC1. The lowest BCUT2D eigenvalue weighted by molar-refractivity contribution is 0.320. The molecule has 108 valence electrons. The molecule has 1 saturated carbocycles. The van der Waals surface area contributed by atoms with Crippen molar-refractivity contribution in [3.8, 4) is 0 Å². The van der Waals surface area contributed by atoms with Crippen molar-refractivity contribution < 1.29 is 0 Å². The highest BCUT2D eigenvalue weighted by atomic mass is 14.9. The van der Waals surface area contributed by atoms with E-state index in [0.717, 1.165) is 24.4 Å². The van der Waals surface area contributed by atoms with Crippen molar-refractivity contribution in [1.29, 1.82) is 0 Å². The van der Waals surface area contributed by atoms with Crippen molar-refractivity contribution >= 4 is 0 Å². The molecule has 2 atom stereocenters. The standard InChI is InChI=1S/C17H35N/c1-4-6-7-8-9-10-11-12-17(18-5-2)15(3)16-13-14-16/h15-18H,4-14H2,1-3H3. The smallest absolute Gasteiger partial charge is 0.00952 e. The zero-order valence-electron chi connectivity index (χ0n) is 13.0. The van der Waals surface area contributed by atoms with Gasteiger partial charge in [-0.15, -0.1) is 0 Å². The molecule has 1 aliphatic carbocycles. The van der Waals surface area contributed by atoms with Crippen LogP contribution in [0.2, 0.25) is 0 Å². The first-order valence-corrected chi connectivity index (χ1v) is 8.53. The van der Waals surface area contributed by atoms with E-state index in [1.807, 2.05) is 0 Å². The average molecular weight is 253 g/mol. The van der Waals surface area contributed by atoms with Gasteiger partial charge in [0, 0.05) is 6.04 Å². The van der Waals surface area contributed by atoms with Crippen LogP contribution in [0.3, 0.4) is 0 Å². The topological polar surface area (TPSA) is 12.0 Å². The predicted octanol–water partition coefficient (Wildman–Crippen LogP) is 5.15. The fourth-order valence-corrected chi connectivity index (χ4v) is 3.08. The Hall–Kier alpha value is -0.0400. The van der Waals surface area contributed by atoms with Gasteiger partial charge in [-0.25, -0.2) is 0 Å². The first-order chi connectivity index (χ1) is 8.79. The summed E-state index contributed by atoms with van der Waals surface area (Å²) >= 11 is 0. The molecule has 0 radical (unpaired) electrons.